The highest BCUT2D eigenvalue weighted by Gasteiger charge is 2.15. The van der Waals surface area contributed by atoms with Gasteiger partial charge in [-0.05, 0) is 61.2 Å². The van der Waals surface area contributed by atoms with Crippen LogP contribution in [-0.2, 0) is 4.79 Å². The maximum Gasteiger partial charge on any atom is 0.243 e. The van der Waals surface area contributed by atoms with Gasteiger partial charge in [0.05, 0.1) is 17.3 Å². The SMILES string of the molecule is CC1CCN(c2ccc(NCC(=O)Nc3ccc(Cl)cc3Cl)cc2)CC1. The molecule has 1 saturated heterocycles. The fourth-order valence-electron chi connectivity index (χ4n) is 3.02. The first-order valence-electron chi connectivity index (χ1n) is 8.85. The molecule has 0 radical (unpaired) electrons. The molecule has 6 heteroatoms. The first kappa shape index (κ1) is 18.9. The van der Waals surface area contributed by atoms with Crippen molar-refractivity contribution in [3.05, 3.63) is 52.5 Å². The summed E-state index contributed by atoms with van der Waals surface area (Å²) in [6, 6.07) is 13.2. The number of nitrogens with one attached hydrogen (secondary N) is 2. The molecule has 0 unspecified atom stereocenters. The van der Waals surface area contributed by atoms with E-state index in [-0.39, 0.29) is 12.5 Å². The highest BCUT2D eigenvalue weighted by molar-refractivity contribution is 6.36. The van der Waals surface area contributed by atoms with Crippen LogP contribution < -0.4 is 15.5 Å². The molecule has 0 saturated carbocycles. The van der Waals surface area contributed by atoms with Crippen LogP contribution in [0.2, 0.25) is 10.0 Å². The Kier molecular flexibility index (Phi) is 6.28. The number of nitrogens with zero attached hydrogens (tertiary/aromatic N) is 1. The van der Waals surface area contributed by atoms with Gasteiger partial charge in [-0.1, -0.05) is 30.1 Å². The molecule has 4 nitrogen and oxygen atoms in total. The van der Waals surface area contributed by atoms with Crippen LogP contribution in [0.15, 0.2) is 42.5 Å². The van der Waals surface area contributed by atoms with E-state index in [2.05, 4.69) is 34.6 Å². The number of hydrogen-bond donors (Lipinski definition) is 2. The zero-order chi connectivity index (χ0) is 18.5. The van der Waals surface area contributed by atoms with E-state index in [9.17, 15) is 4.79 Å². The lowest BCUT2D eigenvalue weighted by atomic mass is 9.99. The van der Waals surface area contributed by atoms with Crippen LogP contribution in [0.5, 0.6) is 0 Å². The third-order valence-corrected chi connectivity index (χ3v) is 5.22. The normalized spacial score (nSPS) is 15.0. The van der Waals surface area contributed by atoms with Gasteiger partial charge in [0.15, 0.2) is 0 Å². The Hall–Kier alpha value is -1.91. The second kappa shape index (κ2) is 8.65. The first-order valence-corrected chi connectivity index (χ1v) is 9.60. The number of benzene rings is 2. The lowest BCUT2D eigenvalue weighted by molar-refractivity contribution is -0.114. The van der Waals surface area contributed by atoms with Gasteiger partial charge in [-0.2, -0.15) is 0 Å². The number of carbonyl (C=O) groups excluding carboxylic acids is 1. The van der Waals surface area contributed by atoms with Crippen molar-refractivity contribution in [1.29, 1.82) is 0 Å². The molecule has 1 aliphatic heterocycles. The van der Waals surface area contributed by atoms with E-state index in [1.165, 1.54) is 18.5 Å². The third-order valence-electron chi connectivity index (χ3n) is 4.67. The van der Waals surface area contributed by atoms with Crippen LogP contribution in [0.25, 0.3) is 0 Å². The van der Waals surface area contributed by atoms with Crippen molar-refractivity contribution >= 4 is 46.2 Å². The molecule has 3 rings (SSSR count). The zero-order valence-electron chi connectivity index (χ0n) is 14.8. The summed E-state index contributed by atoms with van der Waals surface area (Å²) in [5, 5.41) is 6.87. The van der Waals surface area contributed by atoms with E-state index in [4.69, 9.17) is 23.2 Å². The predicted molar refractivity (Wildman–Crippen MR) is 111 cm³/mol. The maximum absolute atomic E-state index is 12.1. The number of halogens is 2. The molecule has 138 valence electrons. The van der Waals surface area contributed by atoms with Crippen molar-refractivity contribution in [3.63, 3.8) is 0 Å². The van der Waals surface area contributed by atoms with Crippen molar-refractivity contribution in [2.45, 2.75) is 19.8 Å². The summed E-state index contributed by atoms with van der Waals surface area (Å²) in [5.41, 5.74) is 2.70. The second-order valence-corrected chi connectivity index (χ2v) is 7.59. The molecular formula is C20H23Cl2N3O. The molecule has 0 aliphatic carbocycles. The average Bonchev–Trinajstić information content (AvgIpc) is 2.63. The monoisotopic (exact) mass is 391 g/mol. The topological polar surface area (TPSA) is 44.4 Å². The first-order chi connectivity index (χ1) is 12.5. The second-order valence-electron chi connectivity index (χ2n) is 6.74. The summed E-state index contributed by atoms with van der Waals surface area (Å²) in [7, 11) is 0. The number of carbonyl (C=O) groups is 1. The molecule has 0 atom stereocenters. The molecule has 0 bridgehead atoms. The fraction of sp³-hybridized carbons (Fsp3) is 0.350. The molecule has 0 spiro atoms. The molecule has 1 amide bonds. The molecule has 26 heavy (non-hydrogen) atoms. The maximum atomic E-state index is 12.1. The van der Waals surface area contributed by atoms with E-state index in [1.54, 1.807) is 18.2 Å². The van der Waals surface area contributed by atoms with Gasteiger partial charge in [-0.3, -0.25) is 4.79 Å². The van der Waals surface area contributed by atoms with Crippen LogP contribution in [0.3, 0.4) is 0 Å². The number of amides is 1. The number of piperidine rings is 1. The van der Waals surface area contributed by atoms with Gasteiger partial charge in [0.25, 0.3) is 0 Å². The third kappa shape index (κ3) is 5.05. The van der Waals surface area contributed by atoms with Crippen molar-refractivity contribution in [2.75, 3.05) is 35.2 Å². The minimum atomic E-state index is -0.164. The van der Waals surface area contributed by atoms with Crippen LogP contribution in [0.4, 0.5) is 17.1 Å². The summed E-state index contributed by atoms with van der Waals surface area (Å²) < 4.78 is 0. The molecule has 1 heterocycles. The zero-order valence-corrected chi connectivity index (χ0v) is 16.3. The summed E-state index contributed by atoms with van der Waals surface area (Å²) in [4.78, 5) is 14.5. The Morgan fingerprint density at radius 1 is 1.12 bits per heavy atom. The van der Waals surface area contributed by atoms with E-state index in [1.807, 2.05) is 12.1 Å². The lowest BCUT2D eigenvalue weighted by Crippen LogP contribution is -2.32. The van der Waals surface area contributed by atoms with Crippen molar-refractivity contribution in [2.24, 2.45) is 5.92 Å². The number of hydrogen-bond acceptors (Lipinski definition) is 3. The highest BCUT2D eigenvalue weighted by Crippen LogP contribution is 2.26. The van der Waals surface area contributed by atoms with Crippen LogP contribution in [0.1, 0.15) is 19.8 Å². The standard InChI is InChI=1S/C20H23Cl2N3O/c1-14-8-10-25(11-9-14)17-5-3-16(4-6-17)23-13-20(26)24-19-7-2-15(21)12-18(19)22/h2-7,12,14,23H,8-11,13H2,1H3,(H,24,26). The quantitative estimate of drug-likeness (QED) is 0.728. The lowest BCUT2D eigenvalue weighted by Gasteiger charge is -2.32. The van der Waals surface area contributed by atoms with E-state index >= 15 is 0 Å². The van der Waals surface area contributed by atoms with Crippen molar-refractivity contribution in [3.8, 4) is 0 Å². The summed E-state index contributed by atoms with van der Waals surface area (Å²) in [6.07, 6.45) is 2.49. The minimum absolute atomic E-state index is 0.164. The Bertz CT molecular complexity index is 756. The molecule has 0 aromatic heterocycles. The fourth-order valence-corrected chi connectivity index (χ4v) is 3.48. The smallest absolute Gasteiger partial charge is 0.243 e. The van der Waals surface area contributed by atoms with Crippen molar-refractivity contribution < 1.29 is 4.79 Å². The molecule has 2 N–H and O–H groups in total. The van der Waals surface area contributed by atoms with Crippen molar-refractivity contribution in [1.82, 2.24) is 0 Å². The minimum Gasteiger partial charge on any atom is -0.376 e. The van der Waals surface area contributed by atoms with Gasteiger partial charge in [-0.15, -0.1) is 0 Å². The van der Waals surface area contributed by atoms with Crippen LogP contribution >= 0.6 is 23.2 Å². The molecular weight excluding hydrogens is 369 g/mol. The molecule has 1 fully saturated rings. The number of rotatable bonds is 5. The predicted octanol–water partition coefficient (Wildman–Crippen LogP) is 5.28. The van der Waals surface area contributed by atoms with E-state index in [0.29, 0.717) is 15.7 Å². The van der Waals surface area contributed by atoms with Gasteiger partial charge in [0, 0.05) is 29.5 Å². The molecule has 2 aromatic carbocycles. The summed E-state index contributed by atoms with van der Waals surface area (Å²) in [5.74, 6) is 0.656. The van der Waals surface area contributed by atoms with E-state index < -0.39 is 0 Å². The highest BCUT2D eigenvalue weighted by atomic mass is 35.5. The Labute approximate surface area is 164 Å². The number of anilines is 3. The summed E-state index contributed by atoms with van der Waals surface area (Å²) >= 11 is 11.9. The molecule has 1 aliphatic rings. The van der Waals surface area contributed by atoms with E-state index in [0.717, 1.165) is 24.7 Å². The average molecular weight is 392 g/mol. The largest absolute Gasteiger partial charge is 0.376 e. The molecule has 2 aromatic rings. The summed E-state index contributed by atoms with van der Waals surface area (Å²) in [6.45, 7) is 4.70. The Balaban J connectivity index is 1.50. The van der Waals surface area contributed by atoms with Gasteiger partial charge < -0.3 is 15.5 Å². The van der Waals surface area contributed by atoms with Gasteiger partial charge >= 0.3 is 0 Å². The Morgan fingerprint density at radius 3 is 2.46 bits per heavy atom. The van der Waals surface area contributed by atoms with Gasteiger partial charge in [0.2, 0.25) is 5.91 Å². The van der Waals surface area contributed by atoms with Gasteiger partial charge in [0.1, 0.15) is 0 Å². The Morgan fingerprint density at radius 2 is 1.81 bits per heavy atom. The van der Waals surface area contributed by atoms with Gasteiger partial charge in [-0.25, -0.2) is 0 Å². The van der Waals surface area contributed by atoms with Crippen LogP contribution in [-0.4, -0.2) is 25.5 Å². The van der Waals surface area contributed by atoms with Crippen LogP contribution in [0, 0.1) is 5.92 Å².